The molecule has 2 amide bonds. The number of amides is 2. The Morgan fingerprint density at radius 1 is 1.35 bits per heavy atom. The van der Waals surface area contributed by atoms with Gasteiger partial charge >= 0.3 is 6.09 Å². The van der Waals surface area contributed by atoms with Crippen molar-refractivity contribution in [2.45, 2.75) is 52.0 Å². The van der Waals surface area contributed by atoms with E-state index in [4.69, 9.17) is 5.11 Å². The van der Waals surface area contributed by atoms with Gasteiger partial charge in [0.2, 0.25) is 5.91 Å². The Labute approximate surface area is 158 Å². The van der Waals surface area contributed by atoms with Crippen LogP contribution in [0.4, 0.5) is 9.93 Å². The number of carboxylic acid groups (broad SMARTS) is 1. The van der Waals surface area contributed by atoms with Crippen LogP contribution in [-0.4, -0.2) is 64.1 Å². The van der Waals surface area contributed by atoms with Crippen molar-refractivity contribution in [2.75, 3.05) is 31.5 Å². The predicted octanol–water partition coefficient (Wildman–Crippen LogP) is 2.89. The van der Waals surface area contributed by atoms with Gasteiger partial charge in [-0.15, -0.1) is 11.3 Å². The molecule has 7 nitrogen and oxygen atoms in total. The van der Waals surface area contributed by atoms with Gasteiger partial charge in [0.25, 0.3) is 0 Å². The summed E-state index contributed by atoms with van der Waals surface area (Å²) in [6.45, 7) is 8.62. The van der Waals surface area contributed by atoms with Crippen molar-refractivity contribution < 1.29 is 14.7 Å². The van der Waals surface area contributed by atoms with Crippen LogP contribution in [0, 0.1) is 5.41 Å². The second kappa shape index (κ2) is 7.92. The van der Waals surface area contributed by atoms with Crippen LogP contribution in [0.5, 0.6) is 0 Å². The zero-order valence-corrected chi connectivity index (χ0v) is 16.3. The predicted molar refractivity (Wildman–Crippen MR) is 102 cm³/mol. The number of aromatic nitrogens is 1. The van der Waals surface area contributed by atoms with Gasteiger partial charge in [0.05, 0.1) is 12.1 Å². The molecular formula is C18H28N4O3S. The van der Waals surface area contributed by atoms with E-state index < -0.39 is 6.09 Å². The first-order valence-corrected chi connectivity index (χ1v) is 10.2. The quantitative estimate of drug-likeness (QED) is 0.839. The summed E-state index contributed by atoms with van der Waals surface area (Å²) >= 11 is 1.20. The number of carbonyl (C=O) groups is 2. The Morgan fingerprint density at radius 2 is 2.08 bits per heavy atom. The summed E-state index contributed by atoms with van der Waals surface area (Å²) in [5.74, 6) is 0.0783. The van der Waals surface area contributed by atoms with E-state index in [0.29, 0.717) is 22.3 Å². The second-order valence-electron chi connectivity index (χ2n) is 8.10. The summed E-state index contributed by atoms with van der Waals surface area (Å²) in [5, 5.41) is 13.0. The highest BCUT2D eigenvalue weighted by Crippen LogP contribution is 2.31. The van der Waals surface area contributed by atoms with Gasteiger partial charge in [0.1, 0.15) is 0 Å². The van der Waals surface area contributed by atoms with Gasteiger partial charge in [-0.2, -0.15) is 0 Å². The maximum atomic E-state index is 12.5. The first-order valence-electron chi connectivity index (χ1n) is 9.28. The largest absolute Gasteiger partial charge is 0.465 e. The zero-order valence-electron chi connectivity index (χ0n) is 15.5. The third-order valence-corrected chi connectivity index (χ3v) is 6.17. The number of piperidine rings is 2. The number of thiazole rings is 1. The van der Waals surface area contributed by atoms with Crippen molar-refractivity contribution in [1.82, 2.24) is 14.8 Å². The molecule has 26 heavy (non-hydrogen) atoms. The topological polar surface area (TPSA) is 85.8 Å². The monoisotopic (exact) mass is 380 g/mol. The van der Waals surface area contributed by atoms with Gasteiger partial charge in [0.15, 0.2) is 5.13 Å². The summed E-state index contributed by atoms with van der Waals surface area (Å²) in [6, 6.07) is 0.587. The van der Waals surface area contributed by atoms with E-state index in [2.05, 4.69) is 29.0 Å². The smallest absolute Gasteiger partial charge is 0.410 e. The Morgan fingerprint density at radius 3 is 2.73 bits per heavy atom. The van der Waals surface area contributed by atoms with E-state index in [1.807, 2.05) is 4.90 Å². The van der Waals surface area contributed by atoms with Crippen LogP contribution >= 0.6 is 11.3 Å². The first kappa shape index (κ1) is 19.1. The van der Waals surface area contributed by atoms with Gasteiger partial charge < -0.3 is 10.0 Å². The number of hydrogen-bond donors (Lipinski definition) is 2. The maximum Gasteiger partial charge on any atom is 0.410 e. The molecule has 0 spiro atoms. The third kappa shape index (κ3) is 4.94. The van der Waals surface area contributed by atoms with E-state index in [-0.39, 0.29) is 12.3 Å². The molecule has 1 aromatic rings. The Bertz CT molecular complexity index is 653. The second-order valence-corrected chi connectivity index (χ2v) is 8.96. The van der Waals surface area contributed by atoms with Gasteiger partial charge in [-0.1, -0.05) is 13.8 Å². The fourth-order valence-electron chi connectivity index (χ4n) is 4.06. The highest BCUT2D eigenvalue weighted by atomic mass is 32.1. The molecule has 3 rings (SSSR count). The van der Waals surface area contributed by atoms with Crippen LogP contribution in [0.3, 0.4) is 0 Å². The van der Waals surface area contributed by atoms with E-state index in [9.17, 15) is 9.59 Å². The van der Waals surface area contributed by atoms with Crippen LogP contribution in [-0.2, 0) is 11.2 Å². The molecule has 0 aliphatic carbocycles. The van der Waals surface area contributed by atoms with Gasteiger partial charge in [-0.3, -0.25) is 15.0 Å². The number of hydrogen-bond acceptors (Lipinski definition) is 5. The van der Waals surface area contributed by atoms with Crippen molar-refractivity contribution in [1.29, 1.82) is 0 Å². The normalized spacial score (nSPS) is 21.5. The molecule has 8 heteroatoms. The van der Waals surface area contributed by atoms with E-state index in [0.717, 1.165) is 32.5 Å². The molecule has 0 atom stereocenters. The minimum Gasteiger partial charge on any atom is -0.465 e. The average molecular weight is 381 g/mol. The number of rotatable bonds is 4. The van der Waals surface area contributed by atoms with Crippen LogP contribution in [0.1, 0.15) is 45.2 Å². The fraction of sp³-hybridized carbons (Fsp3) is 0.722. The number of nitrogens with zero attached hydrogens (tertiary/aromatic N) is 3. The lowest BCUT2D eigenvalue weighted by Gasteiger charge is -2.45. The Balaban J connectivity index is 1.47. The number of likely N-dealkylation sites (tertiary alicyclic amines) is 2. The molecule has 0 radical (unpaired) electrons. The number of anilines is 1. The van der Waals surface area contributed by atoms with Crippen molar-refractivity contribution in [3.63, 3.8) is 0 Å². The molecule has 0 bridgehead atoms. The molecule has 3 heterocycles. The highest BCUT2D eigenvalue weighted by molar-refractivity contribution is 7.13. The van der Waals surface area contributed by atoms with E-state index >= 15 is 0 Å². The lowest BCUT2D eigenvalue weighted by atomic mass is 9.83. The van der Waals surface area contributed by atoms with Crippen LogP contribution in [0.15, 0.2) is 5.38 Å². The first-order chi connectivity index (χ1) is 12.3. The molecule has 2 fully saturated rings. The van der Waals surface area contributed by atoms with Gasteiger partial charge in [-0.05, 0) is 37.6 Å². The summed E-state index contributed by atoms with van der Waals surface area (Å²) < 4.78 is 0. The average Bonchev–Trinajstić information content (AvgIpc) is 3.00. The van der Waals surface area contributed by atoms with E-state index in [1.54, 1.807) is 5.38 Å². The summed E-state index contributed by atoms with van der Waals surface area (Å²) in [6.07, 6.45) is 3.73. The molecule has 2 N–H and O–H groups in total. The molecule has 0 aromatic carbocycles. The van der Waals surface area contributed by atoms with E-state index in [1.165, 1.54) is 30.7 Å². The zero-order chi connectivity index (χ0) is 18.7. The molecule has 2 saturated heterocycles. The van der Waals surface area contributed by atoms with Crippen LogP contribution < -0.4 is 5.32 Å². The number of carbonyl (C=O) groups excluding carboxylic acids is 1. The molecule has 2 aliphatic heterocycles. The lowest BCUT2D eigenvalue weighted by molar-refractivity contribution is -0.132. The molecule has 2 aliphatic rings. The van der Waals surface area contributed by atoms with Gasteiger partial charge in [0, 0.05) is 31.1 Å². The summed E-state index contributed by atoms with van der Waals surface area (Å²) in [5.41, 5.74) is 1.03. The molecular weight excluding hydrogens is 352 g/mol. The minimum absolute atomic E-state index is 0.0783. The minimum atomic E-state index is -1.14. The fourth-order valence-corrected chi connectivity index (χ4v) is 4.76. The van der Waals surface area contributed by atoms with Crippen molar-refractivity contribution in [3.05, 3.63) is 11.1 Å². The molecule has 0 saturated carbocycles. The molecule has 0 unspecified atom stereocenters. The van der Waals surface area contributed by atoms with Crippen molar-refractivity contribution in [3.8, 4) is 0 Å². The van der Waals surface area contributed by atoms with Crippen LogP contribution in [0.25, 0.3) is 0 Å². The maximum absolute atomic E-state index is 12.5. The molecule has 144 valence electrons. The van der Waals surface area contributed by atoms with Crippen LogP contribution in [0.2, 0.25) is 0 Å². The SMILES string of the molecule is CC1(C)CCCN(C2CCN(C(=O)Cc3csc(NC(=O)O)n3)CC2)C1. The summed E-state index contributed by atoms with van der Waals surface area (Å²) in [7, 11) is 0. The summed E-state index contributed by atoms with van der Waals surface area (Å²) in [4.78, 5) is 31.9. The Kier molecular flexibility index (Phi) is 5.82. The van der Waals surface area contributed by atoms with Gasteiger partial charge in [-0.25, -0.2) is 9.78 Å². The van der Waals surface area contributed by atoms with Crippen molar-refractivity contribution in [2.24, 2.45) is 5.41 Å². The lowest BCUT2D eigenvalue weighted by Crippen LogP contribution is -2.51. The Hall–Kier alpha value is -1.67. The highest BCUT2D eigenvalue weighted by Gasteiger charge is 2.33. The van der Waals surface area contributed by atoms with Crippen molar-refractivity contribution >= 4 is 28.5 Å². The molecule has 1 aromatic heterocycles. The standard InChI is InChI=1S/C18H28N4O3S/c1-18(2)6-3-7-22(12-18)14-4-8-21(9-5-14)15(23)10-13-11-26-16(19-13)20-17(24)25/h11,14H,3-10,12H2,1-2H3,(H,19,20)(H,24,25). The third-order valence-electron chi connectivity index (χ3n) is 5.36. The number of nitrogens with one attached hydrogen (secondary N) is 1.